The molecular formula is C26H35N5O5. The molecule has 10 heteroatoms. The van der Waals surface area contributed by atoms with Gasteiger partial charge in [-0.3, -0.25) is 14.4 Å². The standard InChI is InChI=1S/C26H35N5O5/c1-18-20(24(34)31-14-16-35-17-15-31)8-7-9-21(18)27-22(33)10-11-23-28-25(30-36-23)26(29-19(2)32)12-5-3-4-6-13-26/h7-9H,3-6,10-17H2,1-2H3,(H,27,33)(H,29,32). The van der Waals surface area contributed by atoms with Gasteiger partial charge in [-0.05, 0) is 37.5 Å². The van der Waals surface area contributed by atoms with E-state index in [4.69, 9.17) is 9.26 Å². The zero-order valence-electron chi connectivity index (χ0n) is 21.1. The average molecular weight is 498 g/mol. The van der Waals surface area contributed by atoms with Gasteiger partial charge in [0.25, 0.3) is 5.91 Å². The van der Waals surface area contributed by atoms with Crippen molar-refractivity contribution in [2.24, 2.45) is 0 Å². The number of anilines is 1. The third-order valence-electron chi connectivity index (χ3n) is 6.97. The monoisotopic (exact) mass is 497 g/mol. The number of ether oxygens (including phenoxy) is 1. The number of aromatic nitrogens is 2. The molecule has 2 aliphatic rings. The van der Waals surface area contributed by atoms with Crippen LogP contribution < -0.4 is 10.6 Å². The molecule has 0 atom stereocenters. The molecule has 4 rings (SSSR count). The Labute approximate surface area is 211 Å². The minimum Gasteiger partial charge on any atom is -0.378 e. The van der Waals surface area contributed by atoms with E-state index in [9.17, 15) is 14.4 Å². The molecule has 2 N–H and O–H groups in total. The number of carbonyl (C=O) groups is 3. The van der Waals surface area contributed by atoms with E-state index in [0.717, 1.165) is 44.1 Å². The number of hydrogen-bond acceptors (Lipinski definition) is 7. The third kappa shape index (κ3) is 6.10. The van der Waals surface area contributed by atoms with E-state index in [1.54, 1.807) is 23.1 Å². The smallest absolute Gasteiger partial charge is 0.254 e. The lowest BCUT2D eigenvalue weighted by molar-refractivity contribution is -0.121. The highest BCUT2D eigenvalue weighted by Crippen LogP contribution is 2.34. The summed E-state index contributed by atoms with van der Waals surface area (Å²) >= 11 is 0. The highest BCUT2D eigenvalue weighted by molar-refractivity contribution is 5.99. The zero-order valence-corrected chi connectivity index (χ0v) is 21.1. The third-order valence-corrected chi connectivity index (χ3v) is 6.97. The van der Waals surface area contributed by atoms with Gasteiger partial charge in [-0.25, -0.2) is 0 Å². The largest absolute Gasteiger partial charge is 0.378 e. The van der Waals surface area contributed by atoms with Crippen LogP contribution in [0.4, 0.5) is 5.69 Å². The minimum absolute atomic E-state index is 0.0584. The molecule has 0 bridgehead atoms. The zero-order chi connectivity index (χ0) is 25.5. The maximum atomic E-state index is 12.9. The Morgan fingerprint density at radius 3 is 2.50 bits per heavy atom. The van der Waals surface area contributed by atoms with E-state index in [2.05, 4.69) is 20.8 Å². The number of amides is 3. The molecule has 1 aliphatic heterocycles. The normalized spacial score (nSPS) is 17.8. The summed E-state index contributed by atoms with van der Waals surface area (Å²) in [5.41, 5.74) is 1.29. The van der Waals surface area contributed by atoms with Crippen molar-refractivity contribution in [3.63, 3.8) is 0 Å². The fraction of sp³-hybridized carbons (Fsp3) is 0.577. The number of rotatable bonds is 7. The van der Waals surface area contributed by atoms with Gasteiger partial charge in [0.15, 0.2) is 5.82 Å². The predicted octanol–water partition coefficient (Wildman–Crippen LogP) is 3.11. The Bertz CT molecular complexity index is 1080. The first-order valence-corrected chi connectivity index (χ1v) is 12.8. The van der Waals surface area contributed by atoms with Crippen LogP contribution in [0.2, 0.25) is 0 Å². The van der Waals surface area contributed by atoms with Gasteiger partial charge in [0, 0.05) is 44.1 Å². The highest BCUT2D eigenvalue weighted by atomic mass is 16.5. The van der Waals surface area contributed by atoms with Gasteiger partial charge in [-0.1, -0.05) is 36.9 Å². The van der Waals surface area contributed by atoms with Crippen LogP contribution in [0.3, 0.4) is 0 Å². The predicted molar refractivity (Wildman–Crippen MR) is 132 cm³/mol. The molecule has 1 aliphatic carbocycles. The van der Waals surface area contributed by atoms with Crippen molar-refractivity contribution >= 4 is 23.4 Å². The molecule has 0 unspecified atom stereocenters. The van der Waals surface area contributed by atoms with Crippen LogP contribution in [0.1, 0.15) is 79.5 Å². The number of nitrogens with one attached hydrogen (secondary N) is 2. The summed E-state index contributed by atoms with van der Waals surface area (Å²) in [7, 11) is 0. The maximum absolute atomic E-state index is 12.9. The van der Waals surface area contributed by atoms with E-state index in [-0.39, 0.29) is 30.6 Å². The molecule has 0 radical (unpaired) electrons. The van der Waals surface area contributed by atoms with Crippen LogP contribution in [-0.4, -0.2) is 59.1 Å². The highest BCUT2D eigenvalue weighted by Gasteiger charge is 2.38. The fourth-order valence-electron chi connectivity index (χ4n) is 5.00. The molecule has 36 heavy (non-hydrogen) atoms. The quantitative estimate of drug-likeness (QED) is 0.563. The number of morpholine rings is 1. The van der Waals surface area contributed by atoms with E-state index in [0.29, 0.717) is 49.3 Å². The average Bonchev–Trinajstić information content (AvgIpc) is 3.24. The SMILES string of the molecule is CC(=O)NC1(c2noc(CCC(=O)Nc3cccc(C(=O)N4CCOCC4)c3C)n2)CCCCCC1. The summed E-state index contributed by atoms with van der Waals surface area (Å²) in [5.74, 6) is 0.464. The van der Waals surface area contributed by atoms with E-state index >= 15 is 0 Å². The first-order chi connectivity index (χ1) is 17.4. The summed E-state index contributed by atoms with van der Waals surface area (Å²) in [5, 5.41) is 10.1. The van der Waals surface area contributed by atoms with E-state index < -0.39 is 5.54 Å². The summed E-state index contributed by atoms with van der Waals surface area (Å²) in [6.45, 7) is 5.52. The Morgan fingerprint density at radius 1 is 1.08 bits per heavy atom. The molecule has 2 aromatic rings. The van der Waals surface area contributed by atoms with Crippen molar-refractivity contribution in [1.82, 2.24) is 20.4 Å². The Hall–Kier alpha value is -3.27. The number of carbonyl (C=O) groups excluding carboxylic acids is 3. The first kappa shape index (κ1) is 25.8. The number of hydrogen-bond donors (Lipinski definition) is 2. The molecule has 1 saturated heterocycles. The lowest BCUT2D eigenvalue weighted by Gasteiger charge is -2.30. The number of nitrogens with zero attached hydrogens (tertiary/aromatic N) is 3. The van der Waals surface area contributed by atoms with Gasteiger partial charge in [-0.2, -0.15) is 4.98 Å². The van der Waals surface area contributed by atoms with Gasteiger partial charge < -0.3 is 24.8 Å². The fourth-order valence-corrected chi connectivity index (χ4v) is 5.00. The topological polar surface area (TPSA) is 127 Å². The van der Waals surface area contributed by atoms with E-state index in [1.807, 2.05) is 6.92 Å². The maximum Gasteiger partial charge on any atom is 0.254 e. The van der Waals surface area contributed by atoms with Crippen molar-refractivity contribution in [3.8, 4) is 0 Å². The van der Waals surface area contributed by atoms with Crippen molar-refractivity contribution in [3.05, 3.63) is 41.0 Å². The van der Waals surface area contributed by atoms with Crippen molar-refractivity contribution in [2.75, 3.05) is 31.6 Å². The van der Waals surface area contributed by atoms with Crippen LogP contribution in [0, 0.1) is 6.92 Å². The second kappa shape index (κ2) is 11.6. The lowest BCUT2D eigenvalue weighted by Crippen LogP contribution is -2.45. The Morgan fingerprint density at radius 2 is 1.81 bits per heavy atom. The van der Waals surface area contributed by atoms with Gasteiger partial charge in [-0.15, -0.1) is 0 Å². The minimum atomic E-state index is -0.614. The Balaban J connectivity index is 1.38. The summed E-state index contributed by atoms with van der Waals surface area (Å²) < 4.78 is 10.8. The van der Waals surface area contributed by atoms with Crippen LogP contribution in [0.15, 0.2) is 22.7 Å². The molecule has 1 aromatic carbocycles. The molecule has 1 aromatic heterocycles. The van der Waals surface area contributed by atoms with Crippen LogP contribution in [-0.2, 0) is 26.3 Å². The molecule has 1 saturated carbocycles. The van der Waals surface area contributed by atoms with Gasteiger partial charge in [0.05, 0.1) is 13.2 Å². The van der Waals surface area contributed by atoms with Crippen LogP contribution in [0.5, 0.6) is 0 Å². The molecule has 3 amide bonds. The summed E-state index contributed by atoms with van der Waals surface area (Å²) in [4.78, 5) is 43.9. The first-order valence-electron chi connectivity index (χ1n) is 12.8. The molecule has 2 heterocycles. The van der Waals surface area contributed by atoms with Crippen molar-refractivity contribution in [1.29, 1.82) is 0 Å². The molecule has 2 fully saturated rings. The molecular weight excluding hydrogens is 462 g/mol. The van der Waals surface area contributed by atoms with E-state index in [1.165, 1.54) is 6.92 Å². The molecule has 194 valence electrons. The van der Waals surface area contributed by atoms with Crippen molar-refractivity contribution in [2.45, 2.75) is 70.8 Å². The van der Waals surface area contributed by atoms with Crippen LogP contribution >= 0.6 is 0 Å². The van der Waals surface area contributed by atoms with Gasteiger partial charge in [0.2, 0.25) is 17.7 Å². The van der Waals surface area contributed by atoms with Crippen LogP contribution in [0.25, 0.3) is 0 Å². The summed E-state index contributed by atoms with van der Waals surface area (Å²) in [6.07, 6.45) is 6.17. The lowest BCUT2D eigenvalue weighted by atomic mass is 9.89. The number of aryl methyl sites for hydroxylation is 1. The van der Waals surface area contributed by atoms with Gasteiger partial charge in [0.1, 0.15) is 5.54 Å². The second-order valence-corrected chi connectivity index (χ2v) is 9.62. The Kier molecular flexibility index (Phi) is 8.35. The molecule has 10 nitrogen and oxygen atoms in total. The van der Waals surface area contributed by atoms with Crippen molar-refractivity contribution < 1.29 is 23.6 Å². The number of benzene rings is 1. The summed E-state index contributed by atoms with van der Waals surface area (Å²) in [6, 6.07) is 5.34. The van der Waals surface area contributed by atoms with Gasteiger partial charge >= 0.3 is 0 Å². The molecule has 0 spiro atoms. The second-order valence-electron chi connectivity index (χ2n) is 9.62.